The molecule has 0 aliphatic carbocycles. The number of hydrogen-bond donors (Lipinski definition) is 0. The van der Waals surface area contributed by atoms with Gasteiger partial charge in [0.1, 0.15) is 5.82 Å². The second-order valence-electron chi connectivity index (χ2n) is 6.37. The van der Waals surface area contributed by atoms with Crippen molar-refractivity contribution in [2.45, 2.75) is 33.1 Å². The lowest BCUT2D eigenvalue weighted by Gasteiger charge is -2.37. The first-order valence-corrected chi connectivity index (χ1v) is 9.14. The maximum Gasteiger partial charge on any atom is 0.320 e. The molecule has 0 aromatic heterocycles. The number of piperazine rings is 1. The summed E-state index contributed by atoms with van der Waals surface area (Å²) in [4.78, 5) is 18.6. The van der Waals surface area contributed by atoms with Crippen molar-refractivity contribution in [3.63, 3.8) is 0 Å². The SMILES string of the molecule is CCN(CC)C(=O)N1CCN(CCCCc2ccc(F)cc2)CC1. The van der Waals surface area contributed by atoms with Crippen LogP contribution in [0, 0.1) is 5.82 Å². The van der Waals surface area contributed by atoms with E-state index < -0.39 is 0 Å². The number of unbranched alkanes of at least 4 members (excludes halogenated alkanes) is 1. The predicted octanol–water partition coefficient (Wildman–Crippen LogP) is 3.23. The lowest BCUT2D eigenvalue weighted by atomic mass is 10.1. The molecule has 134 valence electrons. The maximum atomic E-state index is 12.9. The zero-order valence-corrected chi connectivity index (χ0v) is 15.0. The van der Waals surface area contributed by atoms with Crippen molar-refractivity contribution in [2.75, 3.05) is 45.8 Å². The van der Waals surface area contributed by atoms with Crippen LogP contribution in [0.3, 0.4) is 0 Å². The van der Waals surface area contributed by atoms with E-state index in [4.69, 9.17) is 0 Å². The molecule has 1 aromatic rings. The number of amides is 2. The zero-order chi connectivity index (χ0) is 17.4. The Balaban J connectivity index is 1.62. The molecule has 24 heavy (non-hydrogen) atoms. The highest BCUT2D eigenvalue weighted by atomic mass is 19.1. The van der Waals surface area contributed by atoms with Crippen molar-refractivity contribution in [1.29, 1.82) is 0 Å². The third kappa shape index (κ3) is 5.48. The second kappa shape index (κ2) is 9.62. The number of urea groups is 1. The summed E-state index contributed by atoms with van der Waals surface area (Å²) in [6.07, 6.45) is 3.26. The van der Waals surface area contributed by atoms with Gasteiger partial charge < -0.3 is 9.80 Å². The summed E-state index contributed by atoms with van der Waals surface area (Å²) in [5.74, 6) is -0.170. The van der Waals surface area contributed by atoms with E-state index in [0.717, 1.165) is 65.1 Å². The Hall–Kier alpha value is -1.62. The highest BCUT2D eigenvalue weighted by molar-refractivity contribution is 5.74. The minimum Gasteiger partial charge on any atom is -0.325 e. The van der Waals surface area contributed by atoms with Crippen LogP contribution >= 0.6 is 0 Å². The van der Waals surface area contributed by atoms with Gasteiger partial charge in [-0.25, -0.2) is 9.18 Å². The summed E-state index contributed by atoms with van der Waals surface area (Å²) in [5.41, 5.74) is 1.20. The normalized spacial score (nSPS) is 15.5. The van der Waals surface area contributed by atoms with Gasteiger partial charge in [0.05, 0.1) is 0 Å². The van der Waals surface area contributed by atoms with Gasteiger partial charge in [0.2, 0.25) is 0 Å². The van der Waals surface area contributed by atoms with Gasteiger partial charge in [0.25, 0.3) is 0 Å². The first kappa shape index (κ1) is 18.7. The molecular weight excluding hydrogens is 305 g/mol. The molecule has 2 rings (SSSR count). The monoisotopic (exact) mass is 335 g/mol. The Morgan fingerprint density at radius 1 is 1.04 bits per heavy atom. The largest absolute Gasteiger partial charge is 0.325 e. The van der Waals surface area contributed by atoms with Gasteiger partial charge in [-0.3, -0.25) is 4.90 Å². The smallest absolute Gasteiger partial charge is 0.320 e. The van der Waals surface area contributed by atoms with Crippen LogP contribution in [-0.4, -0.2) is 66.5 Å². The Bertz CT molecular complexity index is 494. The van der Waals surface area contributed by atoms with Gasteiger partial charge in [0, 0.05) is 39.3 Å². The van der Waals surface area contributed by atoms with Crippen LogP contribution in [0.5, 0.6) is 0 Å². The number of rotatable bonds is 7. The molecule has 0 saturated carbocycles. The van der Waals surface area contributed by atoms with Crippen LogP contribution in [0.2, 0.25) is 0 Å². The Kier molecular flexibility index (Phi) is 7.50. The topological polar surface area (TPSA) is 26.8 Å². The molecule has 0 N–H and O–H groups in total. The van der Waals surface area contributed by atoms with Gasteiger partial charge in [0.15, 0.2) is 0 Å². The molecule has 4 nitrogen and oxygen atoms in total. The first-order valence-electron chi connectivity index (χ1n) is 9.14. The molecule has 0 spiro atoms. The highest BCUT2D eigenvalue weighted by Gasteiger charge is 2.23. The lowest BCUT2D eigenvalue weighted by molar-refractivity contribution is 0.114. The van der Waals surface area contributed by atoms with Crippen molar-refractivity contribution < 1.29 is 9.18 Å². The summed E-state index contributed by atoms with van der Waals surface area (Å²) in [5, 5.41) is 0. The molecule has 0 unspecified atom stereocenters. The van der Waals surface area contributed by atoms with Crippen LogP contribution in [-0.2, 0) is 6.42 Å². The van der Waals surface area contributed by atoms with Crippen LogP contribution in [0.25, 0.3) is 0 Å². The van der Waals surface area contributed by atoms with E-state index in [1.165, 1.54) is 17.7 Å². The maximum absolute atomic E-state index is 12.9. The molecule has 1 fully saturated rings. The molecule has 0 bridgehead atoms. The van der Waals surface area contributed by atoms with E-state index in [-0.39, 0.29) is 11.8 Å². The van der Waals surface area contributed by atoms with Gasteiger partial charge in [-0.2, -0.15) is 0 Å². The van der Waals surface area contributed by atoms with Crippen molar-refractivity contribution in [3.8, 4) is 0 Å². The average Bonchev–Trinajstić information content (AvgIpc) is 2.62. The quantitative estimate of drug-likeness (QED) is 0.715. The average molecular weight is 335 g/mol. The van der Waals surface area contributed by atoms with E-state index in [1.54, 1.807) is 0 Å². The molecule has 2 amide bonds. The number of hydrogen-bond acceptors (Lipinski definition) is 2. The van der Waals surface area contributed by atoms with E-state index in [2.05, 4.69) is 4.90 Å². The molecule has 0 radical (unpaired) electrons. The van der Waals surface area contributed by atoms with Crippen molar-refractivity contribution in [1.82, 2.24) is 14.7 Å². The van der Waals surface area contributed by atoms with Gasteiger partial charge in [-0.05, 0) is 57.4 Å². The predicted molar refractivity (Wildman–Crippen MR) is 95.7 cm³/mol. The standard InChI is InChI=1S/C19H30FN3O/c1-3-22(4-2)19(24)23-15-13-21(14-16-23)12-6-5-7-17-8-10-18(20)11-9-17/h8-11H,3-7,12-16H2,1-2H3. The van der Waals surface area contributed by atoms with E-state index in [0.29, 0.717) is 0 Å². The first-order chi connectivity index (χ1) is 11.6. The summed E-state index contributed by atoms with van der Waals surface area (Å²) < 4.78 is 12.9. The number of benzene rings is 1. The fourth-order valence-electron chi connectivity index (χ4n) is 3.17. The number of carbonyl (C=O) groups is 1. The molecule has 0 atom stereocenters. The molecule has 1 heterocycles. The number of carbonyl (C=O) groups excluding carboxylic acids is 1. The van der Waals surface area contributed by atoms with Gasteiger partial charge in [-0.15, -0.1) is 0 Å². The van der Waals surface area contributed by atoms with E-state index >= 15 is 0 Å². The molecule has 1 aromatic carbocycles. The van der Waals surface area contributed by atoms with Crippen molar-refractivity contribution in [2.24, 2.45) is 0 Å². The summed E-state index contributed by atoms with van der Waals surface area (Å²) in [6, 6.07) is 6.97. The zero-order valence-electron chi connectivity index (χ0n) is 15.0. The van der Waals surface area contributed by atoms with Crippen LogP contribution in [0.4, 0.5) is 9.18 Å². The fraction of sp³-hybridized carbons (Fsp3) is 0.632. The summed E-state index contributed by atoms with van der Waals surface area (Å²) in [6.45, 7) is 10.3. The Morgan fingerprint density at radius 2 is 1.67 bits per heavy atom. The molecule has 5 heteroatoms. The van der Waals surface area contributed by atoms with Gasteiger partial charge >= 0.3 is 6.03 Å². The third-order valence-electron chi connectivity index (χ3n) is 4.78. The van der Waals surface area contributed by atoms with E-state index in [1.807, 2.05) is 35.8 Å². The Morgan fingerprint density at radius 3 is 2.25 bits per heavy atom. The summed E-state index contributed by atoms with van der Waals surface area (Å²) >= 11 is 0. The molecule has 1 aliphatic rings. The number of halogens is 1. The highest BCUT2D eigenvalue weighted by Crippen LogP contribution is 2.10. The van der Waals surface area contributed by atoms with Crippen molar-refractivity contribution in [3.05, 3.63) is 35.6 Å². The molecular formula is C19H30FN3O. The molecule has 1 saturated heterocycles. The second-order valence-corrected chi connectivity index (χ2v) is 6.37. The minimum absolute atomic E-state index is 0.170. The van der Waals surface area contributed by atoms with Crippen LogP contribution in [0.15, 0.2) is 24.3 Å². The third-order valence-corrected chi connectivity index (χ3v) is 4.78. The van der Waals surface area contributed by atoms with Crippen molar-refractivity contribution >= 4 is 6.03 Å². The fourth-order valence-corrected chi connectivity index (χ4v) is 3.17. The lowest BCUT2D eigenvalue weighted by Crippen LogP contribution is -2.52. The minimum atomic E-state index is -0.170. The number of nitrogens with zero attached hydrogens (tertiary/aromatic N) is 3. The molecule has 1 aliphatic heterocycles. The summed E-state index contributed by atoms with van der Waals surface area (Å²) in [7, 11) is 0. The van der Waals surface area contributed by atoms with Crippen LogP contribution in [0.1, 0.15) is 32.3 Å². The number of aryl methyl sites for hydroxylation is 1. The Labute approximate surface area is 145 Å². The van der Waals surface area contributed by atoms with Gasteiger partial charge in [-0.1, -0.05) is 12.1 Å². The van der Waals surface area contributed by atoms with Crippen LogP contribution < -0.4 is 0 Å². The van der Waals surface area contributed by atoms with E-state index in [9.17, 15) is 9.18 Å².